The van der Waals surface area contributed by atoms with Crippen LogP contribution in [-0.4, -0.2) is 9.55 Å². The van der Waals surface area contributed by atoms with Crippen molar-refractivity contribution in [1.82, 2.24) is 9.55 Å². The first kappa shape index (κ1) is 12.7. The molecule has 1 aromatic heterocycles. The Kier molecular flexibility index (Phi) is 3.80. The number of hydrogen-bond donors (Lipinski definition) is 1. The molecule has 2 aromatic rings. The predicted octanol–water partition coefficient (Wildman–Crippen LogP) is 2.26. The van der Waals surface area contributed by atoms with Gasteiger partial charge in [-0.3, -0.25) is 0 Å². The molecule has 0 saturated carbocycles. The number of aryl methyl sites for hydroxylation is 1. The lowest BCUT2D eigenvalue weighted by Gasteiger charge is -2.08. The zero-order chi connectivity index (χ0) is 13.7. The fourth-order valence-electron chi connectivity index (χ4n) is 1.82. The molecule has 0 amide bonds. The number of anilines is 1. The number of benzene rings is 1. The maximum Gasteiger partial charge on any atom is 0.128 e. The van der Waals surface area contributed by atoms with Gasteiger partial charge in [0.1, 0.15) is 18.0 Å². The number of nitrogens with zero attached hydrogens (tertiary/aromatic N) is 4. The standard InChI is InChI=1S/C14H13N5/c1-2-19-6-5-17-14(19)10-18-13-4-3-11(8-15)12(7-13)9-16/h3-7,18H,2,10H2,1H3. The zero-order valence-corrected chi connectivity index (χ0v) is 10.6. The van der Waals surface area contributed by atoms with Crippen LogP contribution in [0, 0.1) is 22.7 Å². The Hall–Kier alpha value is -2.79. The molecular weight excluding hydrogens is 238 g/mol. The Morgan fingerprint density at radius 2 is 2.05 bits per heavy atom. The Labute approximate surface area is 111 Å². The molecule has 1 aromatic carbocycles. The number of imidazole rings is 1. The lowest BCUT2D eigenvalue weighted by molar-refractivity contribution is 0.708. The second-order valence-electron chi connectivity index (χ2n) is 3.97. The van der Waals surface area contributed by atoms with Gasteiger partial charge in [-0.05, 0) is 25.1 Å². The maximum atomic E-state index is 8.96. The Balaban J connectivity index is 2.13. The van der Waals surface area contributed by atoms with E-state index < -0.39 is 0 Å². The van der Waals surface area contributed by atoms with Gasteiger partial charge in [0.05, 0.1) is 17.7 Å². The van der Waals surface area contributed by atoms with E-state index in [2.05, 4.69) is 17.2 Å². The molecule has 1 heterocycles. The summed E-state index contributed by atoms with van der Waals surface area (Å²) in [7, 11) is 0. The molecule has 5 nitrogen and oxygen atoms in total. The number of nitrogens with one attached hydrogen (secondary N) is 1. The van der Waals surface area contributed by atoms with Crippen LogP contribution in [0.1, 0.15) is 23.9 Å². The van der Waals surface area contributed by atoms with Gasteiger partial charge >= 0.3 is 0 Å². The van der Waals surface area contributed by atoms with Crippen LogP contribution >= 0.6 is 0 Å². The molecule has 19 heavy (non-hydrogen) atoms. The van der Waals surface area contributed by atoms with E-state index in [1.54, 1.807) is 24.4 Å². The lowest BCUT2D eigenvalue weighted by Crippen LogP contribution is -2.07. The van der Waals surface area contributed by atoms with Crippen molar-refractivity contribution >= 4 is 5.69 Å². The van der Waals surface area contributed by atoms with Gasteiger partial charge in [0.25, 0.3) is 0 Å². The van der Waals surface area contributed by atoms with Gasteiger partial charge in [-0.15, -0.1) is 0 Å². The topological polar surface area (TPSA) is 77.4 Å². The van der Waals surface area contributed by atoms with Crippen molar-refractivity contribution in [1.29, 1.82) is 10.5 Å². The predicted molar refractivity (Wildman–Crippen MR) is 71.1 cm³/mol. The second-order valence-corrected chi connectivity index (χ2v) is 3.97. The molecule has 0 spiro atoms. The smallest absolute Gasteiger partial charge is 0.128 e. The normalized spacial score (nSPS) is 9.63. The molecule has 0 radical (unpaired) electrons. The van der Waals surface area contributed by atoms with Gasteiger partial charge in [-0.1, -0.05) is 0 Å². The number of rotatable bonds is 4. The van der Waals surface area contributed by atoms with E-state index in [-0.39, 0.29) is 0 Å². The monoisotopic (exact) mass is 251 g/mol. The van der Waals surface area contributed by atoms with Gasteiger partial charge < -0.3 is 9.88 Å². The first-order chi connectivity index (χ1) is 9.28. The highest BCUT2D eigenvalue weighted by atomic mass is 15.1. The van der Waals surface area contributed by atoms with Crippen molar-refractivity contribution < 1.29 is 0 Å². The second kappa shape index (κ2) is 5.70. The van der Waals surface area contributed by atoms with Crippen molar-refractivity contribution in [2.75, 3.05) is 5.32 Å². The average Bonchev–Trinajstić information content (AvgIpc) is 2.92. The minimum atomic E-state index is 0.381. The summed E-state index contributed by atoms with van der Waals surface area (Å²) >= 11 is 0. The highest BCUT2D eigenvalue weighted by Crippen LogP contribution is 2.15. The largest absolute Gasteiger partial charge is 0.378 e. The van der Waals surface area contributed by atoms with Crippen LogP contribution in [0.25, 0.3) is 0 Å². The van der Waals surface area contributed by atoms with Crippen molar-refractivity contribution in [3.05, 3.63) is 47.5 Å². The third-order valence-corrected chi connectivity index (χ3v) is 2.85. The van der Waals surface area contributed by atoms with Crippen molar-refractivity contribution in [2.24, 2.45) is 0 Å². The molecule has 0 unspecified atom stereocenters. The summed E-state index contributed by atoms with van der Waals surface area (Å²) in [6.45, 7) is 3.51. The van der Waals surface area contributed by atoms with Crippen molar-refractivity contribution in [3.8, 4) is 12.1 Å². The van der Waals surface area contributed by atoms with Crippen LogP contribution in [0.3, 0.4) is 0 Å². The molecule has 0 aliphatic carbocycles. The molecule has 2 rings (SSSR count). The van der Waals surface area contributed by atoms with Crippen molar-refractivity contribution in [2.45, 2.75) is 20.0 Å². The molecule has 5 heteroatoms. The first-order valence-electron chi connectivity index (χ1n) is 5.96. The van der Waals surface area contributed by atoms with Crippen LogP contribution < -0.4 is 5.32 Å². The SMILES string of the molecule is CCn1ccnc1CNc1ccc(C#N)c(C#N)c1. The molecule has 0 atom stereocenters. The van der Waals surface area contributed by atoms with Crippen LogP contribution in [0.15, 0.2) is 30.6 Å². The van der Waals surface area contributed by atoms with E-state index in [1.165, 1.54) is 0 Å². The van der Waals surface area contributed by atoms with Gasteiger partial charge in [0, 0.05) is 24.6 Å². The van der Waals surface area contributed by atoms with E-state index in [0.29, 0.717) is 17.7 Å². The molecule has 94 valence electrons. The van der Waals surface area contributed by atoms with E-state index in [9.17, 15) is 0 Å². The lowest BCUT2D eigenvalue weighted by atomic mass is 10.1. The van der Waals surface area contributed by atoms with Crippen LogP contribution in [0.2, 0.25) is 0 Å². The summed E-state index contributed by atoms with van der Waals surface area (Å²) in [5.74, 6) is 0.936. The maximum absolute atomic E-state index is 8.96. The molecule has 0 aliphatic heterocycles. The number of nitriles is 2. The first-order valence-corrected chi connectivity index (χ1v) is 5.96. The van der Waals surface area contributed by atoms with E-state index in [4.69, 9.17) is 10.5 Å². The quantitative estimate of drug-likeness (QED) is 0.904. The highest BCUT2D eigenvalue weighted by Gasteiger charge is 2.04. The minimum Gasteiger partial charge on any atom is -0.378 e. The van der Waals surface area contributed by atoms with Gasteiger partial charge in [-0.25, -0.2) is 4.98 Å². The summed E-state index contributed by atoms with van der Waals surface area (Å²) in [6.07, 6.45) is 3.69. The van der Waals surface area contributed by atoms with Crippen LogP contribution in [-0.2, 0) is 13.1 Å². The molecule has 0 aliphatic rings. The minimum absolute atomic E-state index is 0.381. The van der Waals surface area contributed by atoms with E-state index >= 15 is 0 Å². The fourth-order valence-corrected chi connectivity index (χ4v) is 1.82. The number of aromatic nitrogens is 2. The van der Waals surface area contributed by atoms with Crippen molar-refractivity contribution in [3.63, 3.8) is 0 Å². The Morgan fingerprint density at radius 1 is 1.26 bits per heavy atom. The third-order valence-electron chi connectivity index (χ3n) is 2.85. The fraction of sp³-hybridized carbons (Fsp3) is 0.214. The Bertz CT molecular complexity index is 657. The molecule has 0 saturated heterocycles. The van der Waals surface area contributed by atoms with Gasteiger partial charge in [-0.2, -0.15) is 10.5 Å². The van der Waals surface area contributed by atoms with Crippen LogP contribution in [0.4, 0.5) is 5.69 Å². The van der Waals surface area contributed by atoms with Gasteiger partial charge in [0.2, 0.25) is 0 Å². The molecule has 1 N–H and O–H groups in total. The molecular formula is C14H13N5. The zero-order valence-electron chi connectivity index (χ0n) is 10.6. The third kappa shape index (κ3) is 2.72. The summed E-state index contributed by atoms with van der Waals surface area (Å²) in [6, 6.07) is 9.13. The van der Waals surface area contributed by atoms with Gasteiger partial charge in [0.15, 0.2) is 0 Å². The van der Waals surface area contributed by atoms with E-state index in [0.717, 1.165) is 18.1 Å². The molecule has 0 bridgehead atoms. The summed E-state index contributed by atoms with van der Waals surface area (Å²) < 4.78 is 2.04. The number of hydrogen-bond acceptors (Lipinski definition) is 4. The van der Waals surface area contributed by atoms with Crippen LogP contribution in [0.5, 0.6) is 0 Å². The molecule has 0 fully saturated rings. The summed E-state index contributed by atoms with van der Waals surface area (Å²) in [4.78, 5) is 4.26. The summed E-state index contributed by atoms with van der Waals surface area (Å²) in [5, 5.41) is 21.0. The summed E-state index contributed by atoms with van der Waals surface area (Å²) in [5.41, 5.74) is 1.58. The van der Waals surface area contributed by atoms with E-state index in [1.807, 2.05) is 22.9 Å². The Morgan fingerprint density at radius 3 is 2.74 bits per heavy atom. The average molecular weight is 251 g/mol. The highest BCUT2D eigenvalue weighted by molar-refractivity contribution is 5.56.